The molecule has 5 heteroatoms. The Labute approximate surface area is 115 Å². The Morgan fingerprint density at radius 1 is 0.947 bits per heavy atom. The maximum atomic E-state index is 5.56. The Morgan fingerprint density at radius 2 is 1.37 bits per heavy atom. The number of aliphatic imine (C=N–C) groups is 2. The van der Waals surface area contributed by atoms with Crippen LogP contribution in [0.5, 0.6) is 0 Å². The van der Waals surface area contributed by atoms with E-state index < -0.39 is 0 Å². The van der Waals surface area contributed by atoms with Crippen LogP contribution in [0, 0.1) is 11.8 Å². The molecule has 0 aromatic rings. The molecular weight excluding hydrogens is 242 g/mol. The van der Waals surface area contributed by atoms with Gasteiger partial charge >= 0.3 is 0 Å². The molecule has 2 atom stereocenters. The number of hydrogen-bond acceptors (Lipinski definition) is 5. The van der Waals surface area contributed by atoms with E-state index in [0.717, 1.165) is 11.8 Å². The van der Waals surface area contributed by atoms with E-state index in [0.29, 0.717) is 50.2 Å². The zero-order valence-corrected chi connectivity index (χ0v) is 12.3. The SMILES string of the molecule is CC(C)[C@@H]1COC(CNCC2=N[C@H](C(C)C)CO2)=N1. The molecule has 108 valence electrons. The first-order valence-electron chi connectivity index (χ1n) is 7.16. The molecule has 2 aliphatic heterocycles. The third kappa shape index (κ3) is 3.93. The Bertz CT molecular complexity index is 330. The molecular formula is C14H25N3O2. The van der Waals surface area contributed by atoms with Crippen molar-refractivity contribution in [3.63, 3.8) is 0 Å². The molecule has 1 N–H and O–H groups in total. The number of nitrogens with zero attached hydrogens (tertiary/aromatic N) is 2. The number of ether oxygens (including phenoxy) is 2. The summed E-state index contributed by atoms with van der Waals surface area (Å²) >= 11 is 0. The van der Waals surface area contributed by atoms with E-state index in [1.165, 1.54) is 0 Å². The summed E-state index contributed by atoms with van der Waals surface area (Å²) in [6.07, 6.45) is 0. The normalized spacial score (nSPS) is 26.4. The molecule has 2 rings (SSSR count). The van der Waals surface area contributed by atoms with E-state index in [-0.39, 0.29) is 0 Å². The lowest BCUT2D eigenvalue weighted by atomic mass is 10.1. The molecule has 2 aliphatic rings. The minimum absolute atomic E-state index is 0.308. The fourth-order valence-corrected chi connectivity index (χ4v) is 2.03. The average Bonchev–Trinajstić information content (AvgIpc) is 2.97. The largest absolute Gasteiger partial charge is 0.478 e. The highest BCUT2D eigenvalue weighted by Gasteiger charge is 2.23. The first kappa shape index (κ1) is 14.3. The fourth-order valence-electron chi connectivity index (χ4n) is 2.03. The third-order valence-corrected chi connectivity index (χ3v) is 3.55. The van der Waals surface area contributed by atoms with Gasteiger partial charge in [-0.05, 0) is 11.8 Å². The van der Waals surface area contributed by atoms with Crippen LogP contribution in [0.3, 0.4) is 0 Å². The number of nitrogens with one attached hydrogen (secondary N) is 1. The van der Waals surface area contributed by atoms with Crippen molar-refractivity contribution in [2.45, 2.75) is 39.8 Å². The maximum absolute atomic E-state index is 5.56. The fraction of sp³-hybridized carbons (Fsp3) is 0.857. The van der Waals surface area contributed by atoms with Gasteiger partial charge in [0.15, 0.2) is 11.8 Å². The summed E-state index contributed by atoms with van der Waals surface area (Å²) in [5, 5.41) is 3.28. The van der Waals surface area contributed by atoms with Gasteiger partial charge in [-0.25, -0.2) is 9.98 Å². The molecule has 0 aromatic heterocycles. The van der Waals surface area contributed by atoms with Crippen molar-refractivity contribution in [2.24, 2.45) is 21.8 Å². The molecule has 5 nitrogen and oxygen atoms in total. The van der Waals surface area contributed by atoms with E-state index in [9.17, 15) is 0 Å². The molecule has 0 spiro atoms. The smallest absolute Gasteiger partial charge is 0.198 e. The molecule has 0 unspecified atom stereocenters. The van der Waals surface area contributed by atoms with E-state index in [2.05, 4.69) is 43.0 Å². The predicted octanol–water partition coefficient (Wildman–Crippen LogP) is 1.48. The van der Waals surface area contributed by atoms with Gasteiger partial charge in [-0.15, -0.1) is 0 Å². The van der Waals surface area contributed by atoms with Crippen molar-refractivity contribution in [3.8, 4) is 0 Å². The lowest BCUT2D eigenvalue weighted by Gasteiger charge is -2.06. The molecule has 0 aromatic carbocycles. The van der Waals surface area contributed by atoms with Crippen LogP contribution in [0.25, 0.3) is 0 Å². The van der Waals surface area contributed by atoms with Crippen LogP contribution in [-0.4, -0.2) is 50.2 Å². The third-order valence-electron chi connectivity index (χ3n) is 3.55. The van der Waals surface area contributed by atoms with Gasteiger partial charge in [0.1, 0.15) is 13.2 Å². The number of rotatable bonds is 6. The van der Waals surface area contributed by atoms with Crippen molar-refractivity contribution in [2.75, 3.05) is 26.3 Å². The first-order chi connectivity index (χ1) is 9.06. The van der Waals surface area contributed by atoms with Crippen LogP contribution < -0.4 is 5.32 Å². The Hall–Kier alpha value is -1.10. The van der Waals surface area contributed by atoms with Crippen LogP contribution in [-0.2, 0) is 9.47 Å². The number of hydrogen-bond donors (Lipinski definition) is 1. The second-order valence-corrected chi connectivity index (χ2v) is 5.89. The first-order valence-corrected chi connectivity index (χ1v) is 7.16. The summed E-state index contributed by atoms with van der Waals surface area (Å²) < 4.78 is 11.1. The van der Waals surface area contributed by atoms with Crippen LogP contribution in [0.4, 0.5) is 0 Å². The minimum atomic E-state index is 0.308. The highest BCUT2D eigenvalue weighted by atomic mass is 16.5. The summed E-state index contributed by atoms with van der Waals surface area (Å²) in [5.41, 5.74) is 0. The van der Waals surface area contributed by atoms with Gasteiger partial charge in [0.2, 0.25) is 0 Å². The van der Waals surface area contributed by atoms with Gasteiger partial charge in [0.25, 0.3) is 0 Å². The summed E-state index contributed by atoms with van der Waals surface area (Å²) in [7, 11) is 0. The highest BCUT2D eigenvalue weighted by Crippen LogP contribution is 2.14. The average molecular weight is 267 g/mol. The molecule has 19 heavy (non-hydrogen) atoms. The topological polar surface area (TPSA) is 55.2 Å². The zero-order valence-electron chi connectivity index (χ0n) is 12.3. The Morgan fingerprint density at radius 3 is 1.68 bits per heavy atom. The van der Waals surface area contributed by atoms with Crippen LogP contribution in [0.15, 0.2) is 9.98 Å². The predicted molar refractivity (Wildman–Crippen MR) is 76.9 cm³/mol. The minimum Gasteiger partial charge on any atom is -0.478 e. The Balaban J connectivity index is 1.70. The van der Waals surface area contributed by atoms with Crippen LogP contribution >= 0.6 is 0 Å². The lowest BCUT2D eigenvalue weighted by molar-refractivity contribution is 0.283. The summed E-state index contributed by atoms with van der Waals surface area (Å²) in [6.45, 7) is 11.4. The van der Waals surface area contributed by atoms with Gasteiger partial charge in [0.05, 0.1) is 25.2 Å². The molecule has 0 radical (unpaired) electrons. The maximum Gasteiger partial charge on any atom is 0.198 e. The van der Waals surface area contributed by atoms with E-state index >= 15 is 0 Å². The molecule has 0 amide bonds. The van der Waals surface area contributed by atoms with Crippen molar-refractivity contribution in [3.05, 3.63) is 0 Å². The quantitative estimate of drug-likeness (QED) is 0.793. The molecule has 0 saturated heterocycles. The summed E-state index contributed by atoms with van der Waals surface area (Å²) in [5.74, 6) is 2.68. The van der Waals surface area contributed by atoms with Gasteiger partial charge in [0, 0.05) is 0 Å². The van der Waals surface area contributed by atoms with Crippen molar-refractivity contribution in [1.29, 1.82) is 0 Å². The van der Waals surface area contributed by atoms with Gasteiger partial charge in [-0.2, -0.15) is 0 Å². The molecule has 2 heterocycles. The summed E-state index contributed by atoms with van der Waals surface area (Å²) in [6, 6.07) is 0.615. The van der Waals surface area contributed by atoms with Crippen LogP contribution in [0.1, 0.15) is 27.7 Å². The Kier molecular flexibility index (Phi) is 4.80. The van der Waals surface area contributed by atoms with Crippen molar-refractivity contribution >= 4 is 11.8 Å². The van der Waals surface area contributed by atoms with Gasteiger partial charge in [-0.1, -0.05) is 27.7 Å². The highest BCUT2D eigenvalue weighted by molar-refractivity contribution is 5.82. The van der Waals surface area contributed by atoms with Gasteiger partial charge in [-0.3, -0.25) is 0 Å². The van der Waals surface area contributed by atoms with E-state index in [1.54, 1.807) is 0 Å². The standard InChI is InChI=1S/C14H25N3O2/c1-9(2)11-7-18-13(16-11)5-15-6-14-17-12(8-19-14)10(3)4/h9-12,15H,5-8H2,1-4H3/t11-,12-/m0/s1. The van der Waals surface area contributed by atoms with Crippen molar-refractivity contribution < 1.29 is 9.47 Å². The van der Waals surface area contributed by atoms with Gasteiger partial charge < -0.3 is 14.8 Å². The zero-order chi connectivity index (χ0) is 13.8. The monoisotopic (exact) mass is 267 g/mol. The molecule has 0 aliphatic carbocycles. The summed E-state index contributed by atoms with van der Waals surface area (Å²) in [4.78, 5) is 9.09. The molecule has 0 bridgehead atoms. The lowest BCUT2D eigenvalue weighted by Crippen LogP contribution is -2.28. The van der Waals surface area contributed by atoms with Crippen molar-refractivity contribution in [1.82, 2.24) is 5.32 Å². The second-order valence-electron chi connectivity index (χ2n) is 5.89. The second kappa shape index (κ2) is 6.37. The molecule has 0 saturated carbocycles. The van der Waals surface area contributed by atoms with E-state index in [4.69, 9.17) is 9.47 Å². The van der Waals surface area contributed by atoms with Crippen LogP contribution in [0.2, 0.25) is 0 Å². The van der Waals surface area contributed by atoms with E-state index in [1.807, 2.05) is 0 Å². The molecule has 0 fully saturated rings.